The molecular weight excluding hydrogens is 352 g/mol. The second kappa shape index (κ2) is 8.67. The van der Waals surface area contributed by atoms with Crippen LogP contribution in [0.25, 0.3) is 0 Å². The van der Waals surface area contributed by atoms with E-state index in [1.54, 1.807) is 0 Å². The van der Waals surface area contributed by atoms with Gasteiger partial charge in [0.2, 0.25) is 11.0 Å². The first-order valence-electron chi connectivity index (χ1n) is 8.69. The molecule has 0 radical (unpaired) electrons. The highest BCUT2D eigenvalue weighted by atomic mass is 32.2. The lowest BCUT2D eigenvalue weighted by Gasteiger charge is -2.29. The summed E-state index contributed by atoms with van der Waals surface area (Å²) in [7, 11) is 0. The zero-order valence-corrected chi connectivity index (χ0v) is 16.3. The van der Waals surface area contributed by atoms with Crippen molar-refractivity contribution in [2.75, 3.05) is 11.1 Å². The molecule has 1 aromatic heterocycles. The van der Waals surface area contributed by atoms with Crippen molar-refractivity contribution in [1.82, 2.24) is 15.5 Å². The van der Waals surface area contributed by atoms with E-state index in [1.165, 1.54) is 47.9 Å². The Balaban J connectivity index is 1.47. The number of thioether (sulfide) groups is 1. The summed E-state index contributed by atoms with van der Waals surface area (Å²) in [5.74, 6) is 1.06. The summed E-state index contributed by atoms with van der Waals surface area (Å²) in [6.45, 7) is 4.28. The van der Waals surface area contributed by atoms with Gasteiger partial charge < -0.3 is 10.6 Å². The van der Waals surface area contributed by atoms with Crippen molar-refractivity contribution in [3.8, 4) is 0 Å². The van der Waals surface area contributed by atoms with Crippen molar-refractivity contribution in [3.63, 3.8) is 0 Å². The van der Waals surface area contributed by atoms with Crippen LogP contribution in [-0.4, -0.2) is 27.9 Å². The molecule has 2 aromatic rings. The Morgan fingerprint density at radius 2 is 2.16 bits per heavy atom. The highest BCUT2D eigenvalue weighted by Gasteiger charge is 2.22. The number of rotatable bonds is 6. The molecule has 0 aliphatic heterocycles. The van der Waals surface area contributed by atoms with Crippen molar-refractivity contribution >= 4 is 39.8 Å². The Hall–Kier alpha value is -1.60. The quantitative estimate of drug-likeness (QED) is 0.733. The van der Waals surface area contributed by atoms with E-state index < -0.39 is 0 Å². The Morgan fingerprint density at radius 1 is 1.32 bits per heavy atom. The average Bonchev–Trinajstić information content (AvgIpc) is 3.03. The van der Waals surface area contributed by atoms with E-state index in [4.69, 9.17) is 0 Å². The second-order valence-electron chi connectivity index (χ2n) is 6.59. The molecule has 1 aliphatic carbocycles. The molecule has 2 N–H and O–H groups in total. The van der Waals surface area contributed by atoms with Crippen molar-refractivity contribution in [2.24, 2.45) is 5.92 Å². The molecule has 0 unspecified atom stereocenters. The van der Waals surface area contributed by atoms with Crippen LogP contribution < -0.4 is 10.6 Å². The number of hydrogen-bond acceptors (Lipinski definition) is 6. The van der Waals surface area contributed by atoms with Crippen LogP contribution in [0.2, 0.25) is 0 Å². The molecule has 7 heteroatoms. The average molecular weight is 377 g/mol. The maximum atomic E-state index is 12.2. The fourth-order valence-corrected chi connectivity index (χ4v) is 4.65. The predicted molar refractivity (Wildman–Crippen MR) is 105 cm³/mol. The topological polar surface area (TPSA) is 66.9 Å². The summed E-state index contributed by atoms with van der Waals surface area (Å²) in [6.07, 6.45) is 4.81. The molecule has 134 valence electrons. The van der Waals surface area contributed by atoms with Gasteiger partial charge in [0.25, 0.3) is 0 Å². The van der Waals surface area contributed by atoms with Crippen molar-refractivity contribution in [3.05, 3.63) is 29.8 Å². The largest absolute Gasteiger partial charge is 0.352 e. The number of aryl methyl sites for hydroxylation is 1. The number of nitrogens with one attached hydrogen (secondary N) is 2. The van der Waals surface area contributed by atoms with E-state index in [0.717, 1.165) is 21.6 Å². The number of carbonyl (C=O) groups excluding carboxylic acids is 1. The standard InChI is InChI=1S/C18H24N4OS2/c1-12-6-5-8-14(10-12)19-17-21-22-18(25-17)24-11-16(23)20-15-9-4-3-7-13(15)2/h5-6,8,10,13,15H,3-4,7,9,11H2,1-2H3,(H,19,21)(H,20,23)/t13-,15+/m1/s1. The van der Waals surface area contributed by atoms with Crippen LogP contribution in [-0.2, 0) is 4.79 Å². The van der Waals surface area contributed by atoms with Crippen molar-refractivity contribution in [2.45, 2.75) is 49.9 Å². The van der Waals surface area contributed by atoms with Gasteiger partial charge in [-0.1, -0.05) is 55.0 Å². The van der Waals surface area contributed by atoms with Crippen LogP contribution in [0.5, 0.6) is 0 Å². The monoisotopic (exact) mass is 376 g/mol. The Labute approximate surface area is 157 Å². The van der Waals surface area contributed by atoms with Gasteiger partial charge in [0, 0.05) is 11.7 Å². The van der Waals surface area contributed by atoms with E-state index in [0.29, 0.717) is 17.7 Å². The SMILES string of the molecule is Cc1cccc(Nc2nnc(SCC(=O)N[C@H]3CCCC[C@H]3C)s2)c1. The van der Waals surface area contributed by atoms with Crippen LogP contribution in [0.15, 0.2) is 28.6 Å². The zero-order chi connectivity index (χ0) is 17.6. The summed E-state index contributed by atoms with van der Waals surface area (Å²) in [5.41, 5.74) is 2.19. The van der Waals surface area contributed by atoms with Crippen LogP contribution in [0, 0.1) is 12.8 Å². The summed E-state index contributed by atoms with van der Waals surface area (Å²) >= 11 is 2.92. The summed E-state index contributed by atoms with van der Waals surface area (Å²) < 4.78 is 0.807. The van der Waals surface area contributed by atoms with E-state index in [-0.39, 0.29) is 5.91 Å². The molecule has 25 heavy (non-hydrogen) atoms. The smallest absolute Gasteiger partial charge is 0.230 e. The molecule has 1 amide bonds. The summed E-state index contributed by atoms with van der Waals surface area (Å²) in [5, 5.41) is 15.5. The van der Waals surface area contributed by atoms with Gasteiger partial charge in [-0.25, -0.2) is 0 Å². The van der Waals surface area contributed by atoms with Crippen LogP contribution in [0.3, 0.4) is 0 Å². The van der Waals surface area contributed by atoms with Gasteiger partial charge in [0.1, 0.15) is 0 Å². The van der Waals surface area contributed by atoms with Crippen molar-refractivity contribution < 1.29 is 4.79 Å². The third kappa shape index (κ3) is 5.44. The Morgan fingerprint density at radius 3 is 2.96 bits per heavy atom. The molecule has 1 aromatic carbocycles. The van der Waals surface area contributed by atoms with Gasteiger partial charge in [-0.2, -0.15) is 0 Å². The molecule has 1 heterocycles. The molecular formula is C18H24N4OS2. The lowest BCUT2D eigenvalue weighted by atomic mass is 9.86. The maximum absolute atomic E-state index is 12.2. The normalized spacial score (nSPS) is 20.2. The van der Waals surface area contributed by atoms with E-state index in [2.05, 4.69) is 46.8 Å². The minimum atomic E-state index is 0.0899. The third-order valence-electron chi connectivity index (χ3n) is 4.46. The fourth-order valence-electron chi connectivity index (χ4n) is 3.07. The van der Waals surface area contributed by atoms with Gasteiger partial charge >= 0.3 is 0 Å². The van der Waals surface area contributed by atoms with Gasteiger partial charge in [0.05, 0.1) is 5.75 Å². The molecule has 1 saturated carbocycles. The number of aromatic nitrogens is 2. The van der Waals surface area contributed by atoms with E-state index >= 15 is 0 Å². The number of nitrogens with zero attached hydrogens (tertiary/aromatic N) is 2. The van der Waals surface area contributed by atoms with Crippen molar-refractivity contribution in [1.29, 1.82) is 0 Å². The van der Waals surface area contributed by atoms with Crippen LogP contribution in [0.1, 0.15) is 38.2 Å². The fraction of sp³-hybridized carbons (Fsp3) is 0.500. The molecule has 0 bridgehead atoms. The zero-order valence-electron chi connectivity index (χ0n) is 14.6. The molecule has 3 rings (SSSR count). The first-order valence-corrected chi connectivity index (χ1v) is 10.5. The molecule has 1 fully saturated rings. The number of anilines is 2. The highest BCUT2D eigenvalue weighted by Crippen LogP contribution is 2.28. The number of carbonyl (C=O) groups is 1. The second-order valence-corrected chi connectivity index (χ2v) is 8.79. The summed E-state index contributed by atoms with van der Waals surface area (Å²) in [4.78, 5) is 12.2. The first kappa shape index (κ1) is 18.2. The maximum Gasteiger partial charge on any atom is 0.230 e. The lowest BCUT2D eigenvalue weighted by Crippen LogP contribution is -2.41. The number of hydrogen-bond donors (Lipinski definition) is 2. The van der Waals surface area contributed by atoms with E-state index in [9.17, 15) is 4.79 Å². The minimum Gasteiger partial charge on any atom is -0.352 e. The Kier molecular flexibility index (Phi) is 6.31. The molecule has 2 atom stereocenters. The number of benzene rings is 1. The highest BCUT2D eigenvalue weighted by molar-refractivity contribution is 8.01. The first-order chi connectivity index (χ1) is 12.1. The van der Waals surface area contributed by atoms with Crippen LogP contribution >= 0.6 is 23.1 Å². The number of amides is 1. The van der Waals surface area contributed by atoms with E-state index in [1.807, 2.05) is 12.1 Å². The third-order valence-corrected chi connectivity index (χ3v) is 6.43. The molecule has 0 spiro atoms. The van der Waals surface area contributed by atoms with Gasteiger partial charge in [-0.3, -0.25) is 4.79 Å². The molecule has 0 saturated heterocycles. The van der Waals surface area contributed by atoms with Crippen LogP contribution in [0.4, 0.5) is 10.8 Å². The molecule has 5 nitrogen and oxygen atoms in total. The van der Waals surface area contributed by atoms with Gasteiger partial charge in [0.15, 0.2) is 4.34 Å². The van der Waals surface area contributed by atoms with Gasteiger partial charge in [-0.15, -0.1) is 10.2 Å². The predicted octanol–water partition coefficient (Wildman–Crippen LogP) is 4.38. The van der Waals surface area contributed by atoms with Gasteiger partial charge in [-0.05, 0) is 43.4 Å². The minimum absolute atomic E-state index is 0.0899. The Bertz CT molecular complexity index is 719. The molecule has 1 aliphatic rings. The summed E-state index contributed by atoms with van der Waals surface area (Å²) in [6, 6.07) is 8.45. The lowest BCUT2D eigenvalue weighted by molar-refractivity contribution is -0.119.